The van der Waals surface area contributed by atoms with Gasteiger partial charge in [0.15, 0.2) is 0 Å². The molecule has 0 radical (unpaired) electrons. The number of nitrogens with zero attached hydrogens (tertiary/aromatic N) is 1. The van der Waals surface area contributed by atoms with E-state index in [9.17, 15) is 0 Å². The minimum Gasteiger partial charge on any atom is -0.311 e. The Morgan fingerprint density at radius 3 is 3.00 bits per heavy atom. The molecule has 2 nitrogen and oxygen atoms in total. The Hall–Kier alpha value is -0.340. The van der Waals surface area contributed by atoms with Gasteiger partial charge in [0, 0.05) is 31.7 Å². The molecule has 3 rings (SSSR count). The molecule has 2 fully saturated rings. The van der Waals surface area contributed by atoms with E-state index in [4.69, 9.17) is 0 Å². The van der Waals surface area contributed by atoms with E-state index in [1.54, 1.807) is 5.57 Å². The van der Waals surface area contributed by atoms with Crippen LogP contribution in [0.15, 0.2) is 11.6 Å². The molecule has 0 aromatic heterocycles. The van der Waals surface area contributed by atoms with Crippen LogP contribution in [0.2, 0.25) is 0 Å². The minimum atomic E-state index is 0.729. The Balaban J connectivity index is 1.49. The van der Waals surface area contributed by atoms with Crippen LogP contribution in [0.3, 0.4) is 0 Å². The number of nitrogens with one attached hydrogen (secondary N) is 1. The van der Waals surface area contributed by atoms with Crippen LogP contribution in [0.25, 0.3) is 0 Å². The third-order valence-electron chi connectivity index (χ3n) is 4.78. The van der Waals surface area contributed by atoms with Gasteiger partial charge in [0.2, 0.25) is 0 Å². The van der Waals surface area contributed by atoms with E-state index < -0.39 is 0 Å². The fourth-order valence-corrected chi connectivity index (χ4v) is 3.33. The maximum Gasteiger partial charge on any atom is 0.0224 e. The van der Waals surface area contributed by atoms with Crippen LogP contribution in [-0.4, -0.2) is 36.6 Å². The van der Waals surface area contributed by atoms with E-state index in [0.29, 0.717) is 0 Å². The van der Waals surface area contributed by atoms with Crippen LogP contribution in [0.1, 0.15) is 45.4 Å². The fourth-order valence-electron chi connectivity index (χ4n) is 3.33. The van der Waals surface area contributed by atoms with Crippen LogP contribution in [0, 0.1) is 5.92 Å². The van der Waals surface area contributed by atoms with Crippen molar-refractivity contribution < 1.29 is 0 Å². The smallest absolute Gasteiger partial charge is 0.0224 e. The van der Waals surface area contributed by atoms with Crippen molar-refractivity contribution in [1.29, 1.82) is 0 Å². The highest BCUT2D eigenvalue weighted by atomic mass is 15.2. The summed E-state index contributed by atoms with van der Waals surface area (Å²) in [5.74, 6) is 0.996. The molecule has 1 heterocycles. The highest BCUT2D eigenvalue weighted by Crippen LogP contribution is 2.34. The second kappa shape index (κ2) is 5.11. The zero-order chi connectivity index (χ0) is 11.7. The Morgan fingerprint density at radius 1 is 1.41 bits per heavy atom. The molecule has 1 saturated heterocycles. The molecule has 2 atom stereocenters. The van der Waals surface area contributed by atoms with Crippen molar-refractivity contribution in [2.24, 2.45) is 5.92 Å². The molecule has 0 amide bonds. The quantitative estimate of drug-likeness (QED) is 0.752. The van der Waals surface area contributed by atoms with Crippen molar-refractivity contribution in [3.8, 4) is 0 Å². The summed E-state index contributed by atoms with van der Waals surface area (Å²) in [7, 11) is 0. The molecular weight excluding hydrogens is 208 g/mol. The number of allylic oxidation sites excluding steroid dienone is 1. The summed E-state index contributed by atoms with van der Waals surface area (Å²) in [6, 6.07) is 1.52. The first-order valence-corrected chi connectivity index (χ1v) is 7.48. The molecule has 17 heavy (non-hydrogen) atoms. The highest BCUT2D eigenvalue weighted by Gasteiger charge is 2.35. The van der Waals surface area contributed by atoms with Crippen molar-refractivity contribution >= 4 is 0 Å². The molecule has 3 aliphatic rings. The maximum atomic E-state index is 3.73. The maximum absolute atomic E-state index is 3.73. The minimum absolute atomic E-state index is 0.729. The molecule has 2 unspecified atom stereocenters. The molecule has 0 aromatic carbocycles. The first-order valence-electron chi connectivity index (χ1n) is 7.48. The van der Waals surface area contributed by atoms with E-state index in [1.165, 1.54) is 58.2 Å². The number of hydrogen-bond acceptors (Lipinski definition) is 2. The Morgan fingerprint density at radius 2 is 2.29 bits per heavy atom. The largest absolute Gasteiger partial charge is 0.311 e. The second-order valence-electron chi connectivity index (χ2n) is 6.20. The summed E-state index contributed by atoms with van der Waals surface area (Å²) >= 11 is 0. The third-order valence-corrected chi connectivity index (χ3v) is 4.78. The standard InChI is InChI=1S/C15H26N2/c1-12-10-16-15(14-6-7-14)11-17(12)9-8-13-4-2-3-5-13/h4,12,14-16H,2-3,5-11H2,1H3. The Bertz CT molecular complexity index is 293. The lowest BCUT2D eigenvalue weighted by molar-refractivity contribution is 0.134. The zero-order valence-electron chi connectivity index (χ0n) is 11.1. The fraction of sp³-hybridized carbons (Fsp3) is 0.867. The lowest BCUT2D eigenvalue weighted by atomic mass is 10.0. The van der Waals surface area contributed by atoms with Gasteiger partial charge in [0.05, 0.1) is 0 Å². The average Bonchev–Trinajstić information content (AvgIpc) is 3.05. The van der Waals surface area contributed by atoms with Crippen molar-refractivity contribution in [2.75, 3.05) is 19.6 Å². The van der Waals surface area contributed by atoms with E-state index in [2.05, 4.69) is 23.2 Å². The number of rotatable bonds is 4. The van der Waals surface area contributed by atoms with Crippen molar-refractivity contribution in [2.45, 2.75) is 57.5 Å². The molecular formula is C15H26N2. The van der Waals surface area contributed by atoms with E-state index in [-0.39, 0.29) is 0 Å². The van der Waals surface area contributed by atoms with Crippen LogP contribution in [0.5, 0.6) is 0 Å². The average molecular weight is 234 g/mol. The van der Waals surface area contributed by atoms with Crippen LogP contribution in [0.4, 0.5) is 0 Å². The highest BCUT2D eigenvalue weighted by molar-refractivity contribution is 5.08. The first kappa shape index (κ1) is 11.7. The summed E-state index contributed by atoms with van der Waals surface area (Å²) in [4.78, 5) is 2.72. The van der Waals surface area contributed by atoms with Crippen molar-refractivity contribution in [3.05, 3.63) is 11.6 Å². The van der Waals surface area contributed by atoms with Gasteiger partial charge in [-0.15, -0.1) is 0 Å². The van der Waals surface area contributed by atoms with E-state index in [1.807, 2.05) is 0 Å². The van der Waals surface area contributed by atoms with E-state index in [0.717, 1.165) is 18.0 Å². The lowest BCUT2D eigenvalue weighted by Gasteiger charge is -2.39. The molecule has 2 heteroatoms. The molecule has 1 N–H and O–H groups in total. The van der Waals surface area contributed by atoms with Gasteiger partial charge in [-0.1, -0.05) is 11.6 Å². The topological polar surface area (TPSA) is 15.3 Å². The van der Waals surface area contributed by atoms with Gasteiger partial charge < -0.3 is 5.32 Å². The number of hydrogen-bond donors (Lipinski definition) is 1. The van der Waals surface area contributed by atoms with Crippen molar-refractivity contribution in [1.82, 2.24) is 10.2 Å². The molecule has 96 valence electrons. The summed E-state index contributed by atoms with van der Waals surface area (Å²) in [6.45, 7) is 6.15. The van der Waals surface area contributed by atoms with Gasteiger partial charge in [-0.2, -0.15) is 0 Å². The normalized spacial score (nSPS) is 35.0. The second-order valence-corrected chi connectivity index (χ2v) is 6.20. The van der Waals surface area contributed by atoms with Gasteiger partial charge >= 0.3 is 0 Å². The first-order chi connectivity index (χ1) is 8.33. The van der Waals surface area contributed by atoms with Crippen LogP contribution >= 0.6 is 0 Å². The summed E-state index contributed by atoms with van der Waals surface area (Å²) in [5, 5.41) is 3.73. The predicted octanol–water partition coefficient (Wildman–Crippen LogP) is 2.56. The molecule has 2 aliphatic carbocycles. The van der Waals surface area contributed by atoms with Gasteiger partial charge in [-0.25, -0.2) is 0 Å². The monoisotopic (exact) mass is 234 g/mol. The predicted molar refractivity (Wildman–Crippen MR) is 72.1 cm³/mol. The molecule has 0 spiro atoms. The van der Waals surface area contributed by atoms with Gasteiger partial charge in [0.25, 0.3) is 0 Å². The van der Waals surface area contributed by atoms with Gasteiger partial charge in [-0.3, -0.25) is 4.90 Å². The Labute approximate surface area is 105 Å². The van der Waals surface area contributed by atoms with Crippen LogP contribution < -0.4 is 5.32 Å². The molecule has 0 bridgehead atoms. The van der Waals surface area contributed by atoms with E-state index >= 15 is 0 Å². The van der Waals surface area contributed by atoms with Gasteiger partial charge in [0.1, 0.15) is 0 Å². The Kier molecular flexibility index (Phi) is 3.53. The van der Waals surface area contributed by atoms with Crippen LogP contribution in [-0.2, 0) is 0 Å². The molecule has 1 aliphatic heterocycles. The van der Waals surface area contributed by atoms with Crippen molar-refractivity contribution in [3.63, 3.8) is 0 Å². The number of piperazine rings is 1. The molecule has 1 saturated carbocycles. The summed E-state index contributed by atoms with van der Waals surface area (Å²) in [5.41, 5.74) is 1.72. The summed E-state index contributed by atoms with van der Waals surface area (Å²) < 4.78 is 0. The zero-order valence-corrected chi connectivity index (χ0v) is 11.1. The summed E-state index contributed by atoms with van der Waals surface area (Å²) in [6.07, 6.45) is 10.8. The SMILES string of the molecule is CC1CNC(C2CC2)CN1CCC1=CCCC1. The lowest BCUT2D eigenvalue weighted by Crippen LogP contribution is -2.56. The van der Waals surface area contributed by atoms with Gasteiger partial charge in [-0.05, 0) is 51.4 Å². The molecule has 0 aromatic rings. The third kappa shape index (κ3) is 2.92.